The van der Waals surface area contributed by atoms with Crippen LogP contribution in [0.5, 0.6) is 0 Å². The summed E-state index contributed by atoms with van der Waals surface area (Å²) in [6.45, 7) is 2.00. The van der Waals surface area contributed by atoms with Crippen LogP contribution >= 0.6 is 102 Å². The second-order valence-corrected chi connectivity index (χ2v) is 32.4. The summed E-state index contributed by atoms with van der Waals surface area (Å²) in [6, 6.07) is 99.2. The molecule has 9 heterocycles. The summed E-state index contributed by atoms with van der Waals surface area (Å²) in [7, 11) is 0. The first-order valence-corrected chi connectivity index (χ1v) is 39.3. The van der Waals surface area contributed by atoms with Crippen molar-refractivity contribution in [3.63, 3.8) is 0 Å². The second-order valence-electron chi connectivity index (χ2n) is 24.6. The topological polar surface area (TPSA) is 61.8 Å². The third-order valence-electron chi connectivity index (χ3n) is 18.3. The Hall–Kier alpha value is -9.22. The molecule has 0 aliphatic carbocycles. The molecule has 23 rings (SSSR count). The van der Waals surface area contributed by atoms with Gasteiger partial charge in [-0.25, -0.2) is 0 Å². The van der Waals surface area contributed by atoms with Crippen molar-refractivity contribution in [3.8, 4) is 0 Å². The van der Waals surface area contributed by atoms with Crippen LogP contribution in [0.2, 0.25) is 0 Å². The Kier molecular flexibility index (Phi) is 17.5. The first-order valence-electron chi connectivity index (χ1n) is 33.2. The van der Waals surface area contributed by atoms with Crippen molar-refractivity contribution >= 4 is 270 Å². The number of thiol groups is 1. The first kappa shape index (κ1) is 63.9. The molecule has 101 heavy (non-hydrogen) atoms. The largest absolute Gasteiger partial charge is 0.456 e. The number of hydrogen-bond acceptors (Lipinski definition) is 11. The number of hydrogen-bond donors (Lipinski definition) is 1. The van der Waals surface area contributed by atoms with Crippen molar-refractivity contribution in [1.82, 2.24) is 0 Å². The van der Waals surface area contributed by atoms with E-state index in [1.807, 2.05) is 130 Å². The maximum atomic E-state index is 6.16. The Morgan fingerprint density at radius 2 is 0.653 bits per heavy atom. The Bertz CT molecular complexity index is 6750. The predicted octanol–water partition coefficient (Wildman–Crippen LogP) is 30.3. The van der Waals surface area contributed by atoms with Gasteiger partial charge in [-0.3, -0.25) is 0 Å². The van der Waals surface area contributed by atoms with Crippen molar-refractivity contribution in [3.05, 3.63) is 294 Å². The van der Waals surface area contributed by atoms with Gasteiger partial charge in [0.2, 0.25) is 0 Å². The molecule has 13 heteroatoms. The molecule has 5 nitrogen and oxygen atoms in total. The van der Waals surface area contributed by atoms with Crippen LogP contribution in [0.25, 0.3) is 168 Å². The van der Waals surface area contributed by atoms with Gasteiger partial charge in [-0.1, -0.05) is 189 Å². The monoisotopic (exact) mass is 1540 g/mol. The Balaban J connectivity index is 0.0000000921. The molecule has 0 bridgehead atoms. The van der Waals surface area contributed by atoms with Gasteiger partial charge < -0.3 is 22.4 Å². The number of para-hydroxylation sites is 4. The van der Waals surface area contributed by atoms with Crippen LogP contribution in [0.3, 0.4) is 0 Å². The van der Waals surface area contributed by atoms with E-state index in [0.717, 1.165) is 87.9 Å². The number of halogens is 2. The molecule has 1 aliphatic heterocycles. The van der Waals surface area contributed by atoms with Crippen molar-refractivity contribution in [2.75, 3.05) is 13.2 Å². The van der Waals surface area contributed by atoms with Crippen molar-refractivity contribution in [2.24, 2.45) is 0 Å². The molecule has 0 radical (unpaired) electrons. The number of thiophene rings is 4. The highest BCUT2D eigenvalue weighted by atomic mass is 79.9. The molecular weight excluding hydrogens is 1490 g/mol. The number of fused-ring (bicyclic) bond motifs is 26. The van der Waals surface area contributed by atoms with E-state index < -0.39 is 0 Å². The minimum Gasteiger partial charge on any atom is -0.456 e. The highest BCUT2D eigenvalue weighted by Crippen LogP contribution is 2.49. The van der Waals surface area contributed by atoms with Gasteiger partial charge in [0.05, 0.1) is 0 Å². The van der Waals surface area contributed by atoms with Gasteiger partial charge in [-0.05, 0) is 152 Å². The minimum atomic E-state index is 0.920. The van der Waals surface area contributed by atoms with Gasteiger partial charge in [0, 0.05) is 161 Å². The normalized spacial score (nSPS) is 12.3. The second kappa shape index (κ2) is 27.6. The molecule has 22 aromatic rings. The van der Waals surface area contributed by atoms with Crippen molar-refractivity contribution in [2.45, 2.75) is 27.5 Å². The van der Waals surface area contributed by atoms with Crippen molar-refractivity contribution in [1.29, 1.82) is 0 Å². The maximum Gasteiger partial charge on any atom is 0.136 e. The van der Waals surface area contributed by atoms with E-state index in [0.29, 0.717) is 0 Å². The molecule has 0 spiro atoms. The van der Waals surface area contributed by atoms with Crippen LogP contribution < -0.4 is 0 Å². The van der Waals surface area contributed by atoms with Crippen LogP contribution in [0, 0.1) is 0 Å². The zero-order chi connectivity index (χ0) is 67.5. The molecule has 8 aromatic heterocycles. The summed E-state index contributed by atoms with van der Waals surface area (Å²) in [4.78, 5) is 3.46. The zero-order valence-corrected chi connectivity index (χ0v) is 61.9. The minimum absolute atomic E-state index is 0.920. The number of rotatable bonds is 2. The van der Waals surface area contributed by atoms with Crippen LogP contribution in [-0.2, 0) is 4.74 Å². The Morgan fingerprint density at radius 1 is 0.267 bits per heavy atom. The van der Waals surface area contributed by atoms with E-state index in [9.17, 15) is 0 Å². The molecule has 0 atom stereocenters. The van der Waals surface area contributed by atoms with Gasteiger partial charge >= 0.3 is 0 Å². The van der Waals surface area contributed by atoms with Crippen LogP contribution in [0.4, 0.5) is 0 Å². The molecule has 0 saturated carbocycles. The Labute approximate surface area is 621 Å². The summed E-state index contributed by atoms with van der Waals surface area (Å²) in [5.41, 5.74) is 7.56. The summed E-state index contributed by atoms with van der Waals surface area (Å²) in [6.07, 6.45) is 2.56. The van der Waals surface area contributed by atoms with Crippen LogP contribution in [0.15, 0.2) is 326 Å². The highest BCUT2D eigenvalue weighted by Gasteiger charge is 2.19. The molecule has 0 N–H and O–H groups in total. The summed E-state index contributed by atoms with van der Waals surface area (Å²) < 4.78 is 41.4. The lowest BCUT2D eigenvalue weighted by Crippen LogP contribution is -1.75. The van der Waals surface area contributed by atoms with Gasteiger partial charge in [0.15, 0.2) is 0 Å². The molecule has 0 amide bonds. The average Bonchev–Trinajstić information content (AvgIpc) is 1.56. The zero-order valence-electron chi connectivity index (χ0n) is 53.7. The van der Waals surface area contributed by atoms with E-state index in [2.05, 4.69) is 245 Å². The van der Waals surface area contributed by atoms with Gasteiger partial charge in [-0.15, -0.1) is 58.0 Å². The predicted molar refractivity (Wildman–Crippen MR) is 446 cm³/mol. The van der Waals surface area contributed by atoms with Crippen molar-refractivity contribution < 1.29 is 22.4 Å². The van der Waals surface area contributed by atoms with Crippen LogP contribution in [0.1, 0.15) is 12.8 Å². The smallest absolute Gasteiger partial charge is 0.136 e. The lowest BCUT2D eigenvalue weighted by Gasteiger charge is -2.02. The van der Waals surface area contributed by atoms with E-state index in [1.54, 1.807) is 11.8 Å². The summed E-state index contributed by atoms with van der Waals surface area (Å²) >= 11 is 20.6. The molecule has 1 fully saturated rings. The van der Waals surface area contributed by atoms with Gasteiger partial charge in [0.1, 0.15) is 44.7 Å². The SMILES string of the molecule is Brc1ccc2c(c1)sc1ccccc12.Brc1ccc2oc3ccccc3c2c1.C1CCOC1.Sc1ccc2oc3ccccc3c2c1.c1ccc2c(c1)oc1ccc(Sc3ccc4c(c3)sc3ccccc34)cc12.c1ccc2c(c1)oc1ccc3sc4ccc5c6ccccc6sc5c4c3c12. The van der Waals surface area contributed by atoms with Crippen LogP contribution in [-0.4, -0.2) is 13.2 Å². The highest BCUT2D eigenvalue weighted by molar-refractivity contribution is 9.10. The molecule has 14 aromatic carbocycles. The van der Waals surface area contributed by atoms with E-state index in [1.165, 1.54) is 130 Å². The molecule has 0 unspecified atom stereocenters. The number of furan rings is 4. The fourth-order valence-corrected chi connectivity index (χ4v) is 20.4. The van der Waals surface area contributed by atoms with E-state index in [4.69, 9.17) is 22.4 Å². The first-order chi connectivity index (χ1) is 49.8. The molecule has 488 valence electrons. The fourth-order valence-electron chi connectivity index (χ4n) is 13.6. The third-order valence-corrected chi connectivity index (χ3v) is 25.1. The maximum absolute atomic E-state index is 6.16. The number of ether oxygens (including phenoxy) is 1. The van der Waals surface area contributed by atoms with Gasteiger partial charge in [0.25, 0.3) is 0 Å². The summed E-state index contributed by atoms with van der Waals surface area (Å²) in [5, 5.41) is 20.3. The molecule has 1 aliphatic rings. The van der Waals surface area contributed by atoms with Gasteiger partial charge in [-0.2, -0.15) is 0 Å². The number of benzene rings is 14. The Morgan fingerprint density at radius 3 is 1.27 bits per heavy atom. The fraction of sp³-hybridized carbons (Fsp3) is 0.0455. The third kappa shape index (κ3) is 12.4. The summed E-state index contributed by atoms with van der Waals surface area (Å²) in [5.74, 6) is 0. The van der Waals surface area contributed by atoms with E-state index >= 15 is 0 Å². The average molecular weight is 1550 g/mol. The van der Waals surface area contributed by atoms with E-state index in [-0.39, 0.29) is 0 Å². The lowest BCUT2D eigenvalue weighted by atomic mass is 10.0. The molecule has 1 saturated heterocycles. The molecular formula is C88H56Br2O5S6. The standard InChI is InChI=1S/C24H12OS2.C24H14OS2.C12H7BrO.C12H7BrS.C12H8OS.C4H8O/c1-3-7-16-15(6-1)21-17(25-16)10-12-19-22(21)23-20(26-19)11-9-14-13-5-2-4-8-18(13)27-24(14)23;1-3-7-21-17(5-1)20-13-15(10-12-22(20)25-21)26-16-9-11-19-18-6-2-4-8-23(18)27-24(19)14-16;13-8-5-6-12-10(7-8)9-3-1-2-4-11(9)14-12;13-8-5-6-10-9-3-1-2-4-11(9)14-12(10)7-8;14-8-5-6-12-10(7-8)9-3-1-2-4-11(9)13-12;1-2-4-5-3-1/h1-12H;1-14H;2*1-7H;1-7,14H;1-4H2. The quantitative estimate of drug-likeness (QED) is 0.174. The lowest BCUT2D eigenvalue weighted by molar-refractivity contribution is 0.198.